The van der Waals surface area contributed by atoms with Crippen molar-refractivity contribution >= 4 is 21.8 Å². The van der Waals surface area contributed by atoms with E-state index < -0.39 is 12.1 Å². The fourth-order valence-electron chi connectivity index (χ4n) is 3.34. The van der Waals surface area contributed by atoms with E-state index in [0.717, 1.165) is 0 Å². The van der Waals surface area contributed by atoms with E-state index in [1.807, 2.05) is 0 Å². The summed E-state index contributed by atoms with van der Waals surface area (Å²) in [6, 6.07) is 12.1. The summed E-state index contributed by atoms with van der Waals surface area (Å²) in [5, 5.41) is 1.08. The van der Waals surface area contributed by atoms with Gasteiger partial charge in [0, 0.05) is 34.2 Å². The minimum Gasteiger partial charge on any atom is -0.497 e. The highest BCUT2D eigenvalue weighted by atomic mass is 19.4. The van der Waals surface area contributed by atoms with Crippen LogP contribution in [-0.2, 0) is 0 Å². The number of para-hydroxylation sites is 1. The topological polar surface area (TPSA) is 40.8 Å². The molecule has 0 spiro atoms. The predicted octanol–water partition coefficient (Wildman–Crippen LogP) is 5.35. The first kappa shape index (κ1) is 15.6. The summed E-state index contributed by atoms with van der Waals surface area (Å²) in [5.41, 5.74) is 1.73. The molecule has 0 radical (unpaired) electrons. The van der Waals surface area contributed by atoms with Crippen molar-refractivity contribution < 1.29 is 17.9 Å². The van der Waals surface area contributed by atoms with Gasteiger partial charge in [0.1, 0.15) is 11.7 Å². The van der Waals surface area contributed by atoms with Crippen molar-refractivity contribution in [1.82, 2.24) is 9.97 Å². The van der Waals surface area contributed by atoms with Gasteiger partial charge in [-0.2, -0.15) is 13.2 Å². The van der Waals surface area contributed by atoms with Crippen LogP contribution in [0.3, 0.4) is 0 Å². The number of ether oxygens (including phenoxy) is 1. The van der Waals surface area contributed by atoms with Crippen LogP contribution in [-0.4, -0.2) is 23.3 Å². The highest BCUT2D eigenvalue weighted by Crippen LogP contribution is 2.45. The van der Waals surface area contributed by atoms with Crippen molar-refractivity contribution in [3.05, 3.63) is 66.0 Å². The zero-order chi connectivity index (χ0) is 17.6. The lowest BCUT2D eigenvalue weighted by molar-refractivity contribution is -0.140. The molecule has 0 bridgehead atoms. The largest absolute Gasteiger partial charge is 0.497 e. The number of nitrogens with one attached hydrogen (secondary N) is 2. The summed E-state index contributed by atoms with van der Waals surface area (Å²) in [6.07, 6.45) is -1.55. The fourth-order valence-corrected chi connectivity index (χ4v) is 3.34. The minimum absolute atomic E-state index is 0.186. The fraction of sp³-hybridized carbons (Fsp3) is 0.158. The number of fused-ring (bicyclic) bond motifs is 2. The number of alkyl halides is 3. The molecule has 128 valence electrons. The molecule has 0 saturated heterocycles. The number of aromatic nitrogens is 2. The Hall–Kier alpha value is -2.89. The molecule has 2 heterocycles. The van der Waals surface area contributed by atoms with Crippen molar-refractivity contribution in [2.24, 2.45) is 0 Å². The lowest BCUT2D eigenvalue weighted by atomic mass is 9.90. The lowest BCUT2D eigenvalue weighted by Gasteiger charge is -2.20. The standard InChI is InChI=1S/C19H15F3N2O/c1-25-11-6-7-17-13(8-11)15(10-24-17)18(19(20,21)22)14-9-23-16-5-3-2-4-12(14)16/h2-10,18,23-24H,1H3. The molecule has 0 fully saturated rings. The molecule has 0 aliphatic rings. The first-order valence-electron chi connectivity index (χ1n) is 7.77. The molecule has 1 unspecified atom stereocenters. The van der Waals surface area contributed by atoms with Crippen LogP contribution in [0.15, 0.2) is 54.9 Å². The molecule has 2 aromatic carbocycles. The van der Waals surface area contributed by atoms with Crippen LogP contribution in [0, 0.1) is 0 Å². The quantitative estimate of drug-likeness (QED) is 0.517. The maximum Gasteiger partial charge on any atom is 0.399 e. The average Bonchev–Trinajstić information content (AvgIpc) is 3.19. The number of H-pyrrole nitrogens is 2. The van der Waals surface area contributed by atoms with Gasteiger partial charge in [-0.3, -0.25) is 0 Å². The van der Waals surface area contributed by atoms with Gasteiger partial charge in [0.2, 0.25) is 0 Å². The molecule has 4 rings (SSSR count). The lowest BCUT2D eigenvalue weighted by Crippen LogP contribution is -2.21. The van der Waals surface area contributed by atoms with Crippen LogP contribution in [0.1, 0.15) is 17.0 Å². The van der Waals surface area contributed by atoms with Gasteiger partial charge in [0.05, 0.1) is 7.11 Å². The van der Waals surface area contributed by atoms with E-state index in [-0.39, 0.29) is 11.1 Å². The summed E-state index contributed by atoms with van der Waals surface area (Å²) in [7, 11) is 1.49. The molecular formula is C19H15F3N2O. The molecule has 0 amide bonds. The highest BCUT2D eigenvalue weighted by Gasteiger charge is 2.44. The first-order chi connectivity index (χ1) is 12.0. The highest BCUT2D eigenvalue weighted by molar-refractivity contribution is 5.89. The Kier molecular flexibility index (Phi) is 3.49. The van der Waals surface area contributed by atoms with Gasteiger partial charge in [-0.05, 0) is 35.4 Å². The third kappa shape index (κ3) is 2.54. The van der Waals surface area contributed by atoms with Crippen LogP contribution in [0.2, 0.25) is 0 Å². The molecule has 2 aromatic heterocycles. The molecule has 3 nitrogen and oxygen atoms in total. The third-order valence-electron chi connectivity index (χ3n) is 4.49. The van der Waals surface area contributed by atoms with Gasteiger partial charge in [-0.25, -0.2) is 0 Å². The second-order valence-electron chi connectivity index (χ2n) is 5.92. The van der Waals surface area contributed by atoms with Gasteiger partial charge in [0.15, 0.2) is 0 Å². The van der Waals surface area contributed by atoms with Gasteiger partial charge in [-0.15, -0.1) is 0 Å². The summed E-state index contributed by atoms with van der Waals surface area (Å²) in [4.78, 5) is 5.87. The van der Waals surface area contributed by atoms with Gasteiger partial charge < -0.3 is 14.7 Å². The summed E-state index contributed by atoms with van der Waals surface area (Å²) in [5.74, 6) is -1.21. The van der Waals surface area contributed by atoms with Gasteiger partial charge in [-0.1, -0.05) is 18.2 Å². The smallest absolute Gasteiger partial charge is 0.399 e. The maximum atomic E-state index is 14.0. The van der Waals surface area contributed by atoms with Crippen LogP contribution >= 0.6 is 0 Å². The Morgan fingerprint density at radius 2 is 1.52 bits per heavy atom. The number of rotatable bonds is 3. The Morgan fingerprint density at radius 3 is 2.20 bits per heavy atom. The number of hydrogen-bond donors (Lipinski definition) is 2. The van der Waals surface area contributed by atoms with E-state index in [0.29, 0.717) is 27.6 Å². The monoisotopic (exact) mass is 344 g/mol. The number of methoxy groups -OCH3 is 1. The van der Waals surface area contributed by atoms with E-state index in [1.165, 1.54) is 19.5 Å². The van der Waals surface area contributed by atoms with Gasteiger partial charge >= 0.3 is 6.18 Å². The molecule has 0 aliphatic heterocycles. The predicted molar refractivity (Wildman–Crippen MR) is 91.0 cm³/mol. The van der Waals surface area contributed by atoms with Gasteiger partial charge in [0.25, 0.3) is 0 Å². The molecule has 2 N–H and O–H groups in total. The van der Waals surface area contributed by atoms with E-state index >= 15 is 0 Å². The number of aromatic amines is 2. The minimum atomic E-state index is -4.43. The SMILES string of the molecule is COc1ccc2[nH]cc(C(c3c[nH]c4ccccc34)C(F)(F)F)c2c1. The zero-order valence-corrected chi connectivity index (χ0v) is 13.3. The molecule has 4 aromatic rings. The van der Waals surface area contributed by atoms with Crippen LogP contribution in [0.4, 0.5) is 13.2 Å². The Balaban J connectivity index is 1.97. The Bertz CT molecular complexity index is 1050. The molecule has 0 saturated carbocycles. The maximum absolute atomic E-state index is 14.0. The van der Waals surface area contributed by atoms with Crippen LogP contribution < -0.4 is 4.74 Å². The van der Waals surface area contributed by atoms with Crippen molar-refractivity contribution in [2.45, 2.75) is 12.1 Å². The van der Waals surface area contributed by atoms with Crippen molar-refractivity contribution in [2.75, 3.05) is 7.11 Å². The normalized spacial score (nSPS) is 13.4. The van der Waals surface area contributed by atoms with Crippen molar-refractivity contribution in [3.63, 3.8) is 0 Å². The summed E-state index contributed by atoms with van der Waals surface area (Å²) in [6.45, 7) is 0. The zero-order valence-electron chi connectivity index (χ0n) is 13.3. The molecular weight excluding hydrogens is 329 g/mol. The van der Waals surface area contributed by atoms with E-state index in [9.17, 15) is 13.2 Å². The molecule has 0 aliphatic carbocycles. The van der Waals surface area contributed by atoms with Crippen LogP contribution in [0.25, 0.3) is 21.8 Å². The average molecular weight is 344 g/mol. The first-order valence-corrected chi connectivity index (χ1v) is 7.77. The van der Waals surface area contributed by atoms with E-state index in [1.54, 1.807) is 42.5 Å². The van der Waals surface area contributed by atoms with Crippen LogP contribution in [0.5, 0.6) is 5.75 Å². The summed E-state index contributed by atoms with van der Waals surface area (Å²) >= 11 is 0. The number of benzene rings is 2. The molecule has 25 heavy (non-hydrogen) atoms. The Labute approximate surface area is 141 Å². The van der Waals surface area contributed by atoms with E-state index in [4.69, 9.17) is 4.74 Å². The second-order valence-corrected chi connectivity index (χ2v) is 5.92. The number of halogens is 3. The third-order valence-corrected chi connectivity index (χ3v) is 4.49. The Morgan fingerprint density at radius 1 is 0.880 bits per heavy atom. The summed E-state index contributed by atoms with van der Waals surface area (Å²) < 4.78 is 47.2. The second kappa shape index (κ2) is 5.58. The van der Waals surface area contributed by atoms with Crippen molar-refractivity contribution in [1.29, 1.82) is 0 Å². The molecule has 1 atom stereocenters. The molecule has 6 heteroatoms. The van der Waals surface area contributed by atoms with E-state index in [2.05, 4.69) is 9.97 Å². The number of hydrogen-bond acceptors (Lipinski definition) is 1. The van der Waals surface area contributed by atoms with Crippen molar-refractivity contribution in [3.8, 4) is 5.75 Å².